The van der Waals surface area contributed by atoms with Crippen molar-refractivity contribution in [3.8, 4) is 0 Å². The Hall–Kier alpha value is -2.23. The zero-order valence-corrected chi connectivity index (χ0v) is 13.7. The van der Waals surface area contributed by atoms with Crippen molar-refractivity contribution in [3.05, 3.63) is 24.0 Å². The highest BCUT2D eigenvalue weighted by molar-refractivity contribution is 5.99. The molecule has 3 heterocycles. The lowest BCUT2D eigenvalue weighted by Gasteiger charge is -2.45. The van der Waals surface area contributed by atoms with Crippen LogP contribution in [0.2, 0.25) is 0 Å². The number of methoxy groups -OCH3 is 1. The molecule has 24 heavy (non-hydrogen) atoms. The average Bonchev–Trinajstić information content (AvgIpc) is 2.61. The lowest BCUT2D eigenvalue weighted by molar-refractivity contribution is -0.0385. The molecule has 0 radical (unpaired) electrons. The van der Waals surface area contributed by atoms with Gasteiger partial charge in [0.2, 0.25) is 5.95 Å². The van der Waals surface area contributed by atoms with E-state index in [1.807, 2.05) is 0 Å². The van der Waals surface area contributed by atoms with Crippen LogP contribution < -0.4 is 16.8 Å². The monoisotopic (exact) mass is 333 g/mol. The lowest BCUT2D eigenvalue weighted by Crippen LogP contribution is -2.62. The molecule has 0 bridgehead atoms. The van der Waals surface area contributed by atoms with Crippen molar-refractivity contribution in [2.45, 2.75) is 12.2 Å². The predicted molar refractivity (Wildman–Crippen MR) is 90.8 cm³/mol. The molecule has 1 unspecified atom stereocenters. The number of nitrogens with zero attached hydrogens (tertiary/aromatic N) is 4. The second kappa shape index (κ2) is 7.12. The Morgan fingerprint density at radius 1 is 1.29 bits per heavy atom. The van der Waals surface area contributed by atoms with E-state index in [4.69, 9.17) is 25.9 Å². The maximum atomic E-state index is 6.12. The van der Waals surface area contributed by atoms with Gasteiger partial charge in [0, 0.05) is 50.7 Å². The van der Waals surface area contributed by atoms with E-state index in [2.05, 4.69) is 20.2 Å². The summed E-state index contributed by atoms with van der Waals surface area (Å²) in [5.41, 5.74) is 13.3. The fourth-order valence-electron chi connectivity index (χ4n) is 2.91. The van der Waals surface area contributed by atoms with Gasteiger partial charge in [0.1, 0.15) is 5.84 Å². The molecule has 0 amide bonds. The van der Waals surface area contributed by atoms with Crippen molar-refractivity contribution >= 4 is 17.5 Å². The molecule has 0 aliphatic carbocycles. The summed E-state index contributed by atoms with van der Waals surface area (Å²) in [6.07, 6.45) is 5.76. The van der Waals surface area contributed by atoms with Crippen LogP contribution in [-0.4, -0.2) is 66.5 Å². The lowest BCUT2D eigenvalue weighted by atomic mass is 10.1. The zero-order valence-electron chi connectivity index (χ0n) is 13.7. The minimum atomic E-state index is -0.671. The molecule has 0 saturated carbocycles. The van der Waals surface area contributed by atoms with Crippen molar-refractivity contribution in [2.24, 2.45) is 10.7 Å². The van der Waals surface area contributed by atoms with Gasteiger partial charge in [-0.25, -0.2) is 15.0 Å². The van der Waals surface area contributed by atoms with Crippen LogP contribution in [-0.2, 0) is 9.47 Å². The Labute approximate surface area is 140 Å². The van der Waals surface area contributed by atoms with Crippen LogP contribution in [0, 0.1) is 0 Å². The molecular formula is C15H23N7O2. The van der Waals surface area contributed by atoms with Crippen LogP contribution in [0.15, 0.2) is 23.5 Å². The molecule has 1 aromatic heterocycles. The molecule has 1 fully saturated rings. The molecule has 3 rings (SSSR count). The summed E-state index contributed by atoms with van der Waals surface area (Å²) >= 11 is 0. The molecule has 1 saturated heterocycles. The van der Waals surface area contributed by atoms with E-state index >= 15 is 0 Å². The summed E-state index contributed by atoms with van der Waals surface area (Å²) in [6.45, 7) is 3.40. The van der Waals surface area contributed by atoms with Crippen LogP contribution in [0.1, 0.15) is 12.0 Å². The molecule has 130 valence electrons. The van der Waals surface area contributed by atoms with Crippen molar-refractivity contribution in [1.29, 1.82) is 0 Å². The van der Waals surface area contributed by atoms with Gasteiger partial charge in [0.15, 0.2) is 5.79 Å². The van der Waals surface area contributed by atoms with Gasteiger partial charge in [-0.05, 0) is 0 Å². The van der Waals surface area contributed by atoms with Crippen molar-refractivity contribution in [2.75, 3.05) is 45.8 Å². The second-order valence-corrected chi connectivity index (χ2v) is 5.71. The first kappa shape index (κ1) is 16.6. The van der Waals surface area contributed by atoms with Gasteiger partial charge < -0.3 is 26.3 Å². The number of ether oxygens (including phenoxy) is 2. The molecule has 0 spiro atoms. The van der Waals surface area contributed by atoms with Crippen molar-refractivity contribution in [3.63, 3.8) is 0 Å². The van der Waals surface area contributed by atoms with Gasteiger partial charge in [0.25, 0.3) is 0 Å². The number of aromatic nitrogens is 2. The van der Waals surface area contributed by atoms with Crippen molar-refractivity contribution < 1.29 is 9.47 Å². The van der Waals surface area contributed by atoms with Crippen LogP contribution in [0.4, 0.5) is 5.95 Å². The van der Waals surface area contributed by atoms with E-state index in [-0.39, 0.29) is 5.95 Å². The summed E-state index contributed by atoms with van der Waals surface area (Å²) in [5.74, 6) is 0.00815. The number of hydrogen-bond acceptors (Lipinski definition) is 9. The third-order valence-corrected chi connectivity index (χ3v) is 4.11. The summed E-state index contributed by atoms with van der Waals surface area (Å²) in [5, 5.41) is 3.50. The highest BCUT2D eigenvalue weighted by atomic mass is 16.5. The SMILES string of the molecule is COCCC1(N2CCOCC2)N=C(N)C=C(c2cnc(N)nc2)N1. The van der Waals surface area contributed by atoms with Crippen molar-refractivity contribution in [1.82, 2.24) is 20.2 Å². The molecule has 1 atom stereocenters. The fourth-order valence-corrected chi connectivity index (χ4v) is 2.91. The van der Waals surface area contributed by atoms with Crippen LogP contribution in [0.5, 0.6) is 0 Å². The number of nitrogens with two attached hydrogens (primary N) is 2. The number of nitrogen functional groups attached to an aromatic ring is 1. The fraction of sp³-hybridized carbons (Fsp3) is 0.533. The molecule has 9 heteroatoms. The zero-order chi connectivity index (χ0) is 17.0. The number of nitrogens with one attached hydrogen (secondary N) is 1. The van der Waals surface area contributed by atoms with E-state index in [0.29, 0.717) is 32.1 Å². The maximum Gasteiger partial charge on any atom is 0.219 e. The standard InChI is InChI=1S/C15H23N7O2/c1-23-5-2-15(22-3-6-24-7-4-22)20-12(8-13(16)21-15)11-9-18-14(17)19-10-11/h8-10,20H,2-7H2,1H3,(H2,16,21)(H2,17,18,19). The van der Waals surface area contributed by atoms with E-state index in [9.17, 15) is 0 Å². The maximum absolute atomic E-state index is 6.12. The summed E-state index contributed by atoms with van der Waals surface area (Å²) < 4.78 is 10.7. The van der Waals surface area contributed by atoms with Gasteiger partial charge in [-0.3, -0.25) is 4.90 Å². The van der Waals surface area contributed by atoms with Crippen LogP contribution >= 0.6 is 0 Å². The van der Waals surface area contributed by atoms with Gasteiger partial charge in [-0.1, -0.05) is 0 Å². The molecule has 1 aromatic rings. The number of rotatable bonds is 5. The second-order valence-electron chi connectivity index (χ2n) is 5.71. The largest absolute Gasteiger partial charge is 0.384 e. The van der Waals surface area contributed by atoms with E-state index < -0.39 is 5.79 Å². The van der Waals surface area contributed by atoms with Gasteiger partial charge in [0.05, 0.1) is 25.5 Å². The molecule has 9 nitrogen and oxygen atoms in total. The summed E-state index contributed by atoms with van der Waals surface area (Å²) in [4.78, 5) is 15.0. The van der Waals surface area contributed by atoms with Gasteiger partial charge >= 0.3 is 0 Å². The molecule has 0 aromatic carbocycles. The Balaban J connectivity index is 1.91. The number of aliphatic imine (C=N–C) groups is 1. The first-order chi connectivity index (χ1) is 11.6. The third kappa shape index (κ3) is 3.48. The Kier molecular flexibility index (Phi) is 4.93. The quantitative estimate of drug-likeness (QED) is 0.651. The Morgan fingerprint density at radius 3 is 2.67 bits per heavy atom. The topological polar surface area (TPSA) is 124 Å². The van der Waals surface area contributed by atoms with E-state index in [0.717, 1.165) is 24.4 Å². The first-order valence-corrected chi connectivity index (χ1v) is 7.88. The van der Waals surface area contributed by atoms with Gasteiger partial charge in [-0.2, -0.15) is 0 Å². The predicted octanol–water partition coefficient (Wildman–Crippen LogP) is -0.617. The van der Waals surface area contributed by atoms with E-state index in [1.165, 1.54) is 0 Å². The highest BCUT2D eigenvalue weighted by Gasteiger charge is 2.40. The minimum absolute atomic E-state index is 0.232. The molecule has 2 aliphatic rings. The number of hydrogen-bond donors (Lipinski definition) is 3. The summed E-state index contributed by atoms with van der Waals surface area (Å²) in [6, 6.07) is 0. The molecule has 5 N–H and O–H groups in total. The van der Waals surface area contributed by atoms with E-state index in [1.54, 1.807) is 25.6 Å². The van der Waals surface area contributed by atoms with Gasteiger partial charge in [-0.15, -0.1) is 0 Å². The normalized spacial score (nSPS) is 24.9. The Bertz CT molecular complexity index is 625. The van der Waals surface area contributed by atoms with Crippen LogP contribution in [0.25, 0.3) is 5.70 Å². The Morgan fingerprint density at radius 2 is 2.00 bits per heavy atom. The minimum Gasteiger partial charge on any atom is -0.384 e. The molecule has 2 aliphatic heterocycles. The highest BCUT2D eigenvalue weighted by Crippen LogP contribution is 2.27. The number of morpholine rings is 1. The summed E-state index contributed by atoms with van der Waals surface area (Å²) in [7, 11) is 1.67. The number of amidine groups is 1. The molecular weight excluding hydrogens is 310 g/mol. The average molecular weight is 333 g/mol. The third-order valence-electron chi connectivity index (χ3n) is 4.11. The van der Waals surface area contributed by atoms with Crippen LogP contribution in [0.3, 0.4) is 0 Å². The first-order valence-electron chi connectivity index (χ1n) is 7.88. The number of anilines is 1. The smallest absolute Gasteiger partial charge is 0.219 e.